The Balaban J connectivity index is 2.17. The van der Waals surface area contributed by atoms with Crippen molar-refractivity contribution in [2.45, 2.75) is 26.1 Å². The van der Waals surface area contributed by atoms with E-state index in [0.29, 0.717) is 28.0 Å². The summed E-state index contributed by atoms with van der Waals surface area (Å²) >= 11 is 8.75. The summed E-state index contributed by atoms with van der Waals surface area (Å²) in [4.78, 5) is 5.40. The van der Waals surface area contributed by atoms with E-state index in [1.165, 1.54) is 0 Å². The lowest BCUT2D eigenvalue weighted by molar-refractivity contribution is 0.130. The van der Waals surface area contributed by atoms with Crippen LogP contribution in [0.1, 0.15) is 25.1 Å². The topological polar surface area (TPSA) is 42.4 Å². The van der Waals surface area contributed by atoms with Crippen LogP contribution >= 0.6 is 25.3 Å². The lowest BCUT2D eigenvalue weighted by atomic mass is 10.1. The van der Waals surface area contributed by atoms with E-state index in [4.69, 9.17) is 4.74 Å². The van der Waals surface area contributed by atoms with Crippen LogP contribution in [-0.4, -0.2) is 15.7 Å². The van der Waals surface area contributed by atoms with E-state index < -0.39 is 5.60 Å². The molecule has 2 rings (SSSR count). The molecule has 22 heavy (non-hydrogen) atoms. The highest BCUT2D eigenvalue weighted by Gasteiger charge is 2.20. The Labute approximate surface area is 141 Å². The first-order valence-corrected chi connectivity index (χ1v) is 7.76. The van der Waals surface area contributed by atoms with E-state index in [9.17, 15) is 5.11 Å². The zero-order valence-electron chi connectivity index (χ0n) is 12.5. The van der Waals surface area contributed by atoms with E-state index in [2.05, 4.69) is 30.2 Å². The Bertz CT molecular complexity index is 664. The number of ether oxygens (including phenoxy) is 1. The van der Waals surface area contributed by atoms with Crippen molar-refractivity contribution in [3.8, 4) is 5.88 Å². The molecule has 5 heteroatoms. The molecule has 0 aliphatic rings. The van der Waals surface area contributed by atoms with Crippen LogP contribution < -0.4 is 4.74 Å². The highest BCUT2D eigenvalue weighted by atomic mass is 32.1. The Morgan fingerprint density at radius 2 is 1.77 bits per heavy atom. The second kappa shape index (κ2) is 7.22. The van der Waals surface area contributed by atoms with Gasteiger partial charge in [0.05, 0.1) is 11.3 Å². The summed E-state index contributed by atoms with van der Waals surface area (Å²) in [6.07, 6.45) is 0. The van der Waals surface area contributed by atoms with E-state index in [0.717, 1.165) is 5.56 Å². The van der Waals surface area contributed by atoms with Crippen LogP contribution in [-0.2, 0) is 6.61 Å². The van der Waals surface area contributed by atoms with Gasteiger partial charge in [-0.1, -0.05) is 36.4 Å². The number of nitrogens with zero attached hydrogens (tertiary/aromatic N) is 1. The Morgan fingerprint density at radius 3 is 2.41 bits per heavy atom. The summed E-state index contributed by atoms with van der Waals surface area (Å²) in [5, 5.41) is 10.00. The van der Waals surface area contributed by atoms with Crippen LogP contribution in [0.4, 0.5) is 0 Å². The average molecular weight is 333 g/mol. The predicted molar refractivity (Wildman–Crippen MR) is 96.2 cm³/mol. The summed E-state index contributed by atoms with van der Waals surface area (Å²) in [6, 6.07) is 15.3. The van der Waals surface area contributed by atoms with Gasteiger partial charge in [0.15, 0.2) is 0 Å². The highest BCUT2D eigenvalue weighted by molar-refractivity contribution is 7.93. The number of aromatic nitrogens is 1. The van der Waals surface area contributed by atoms with Crippen LogP contribution in [0.5, 0.6) is 5.88 Å². The molecule has 0 fully saturated rings. The lowest BCUT2D eigenvalue weighted by Crippen LogP contribution is -2.19. The maximum Gasteiger partial charge on any atom is 0.214 e. The monoisotopic (exact) mass is 333 g/mol. The van der Waals surface area contributed by atoms with Crippen LogP contribution in [0, 0.1) is 0 Å². The molecular formula is C17H19NO2S2. The van der Waals surface area contributed by atoms with Gasteiger partial charge in [0.2, 0.25) is 5.88 Å². The molecule has 1 heterocycles. The molecule has 0 saturated carbocycles. The number of benzene rings is 1. The van der Waals surface area contributed by atoms with E-state index in [1.807, 2.05) is 36.4 Å². The number of thiol groups is 2. The van der Waals surface area contributed by atoms with Gasteiger partial charge in [-0.3, -0.25) is 0 Å². The first kappa shape index (κ1) is 16.9. The van der Waals surface area contributed by atoms with Gasteiger partial charge in [0.25, 0.3) is 0 Å². The highest BCUT2D eigenvalue weighted by Crippen LogP contribution is 2.31. The molecule has 0 saturated heterocycles. The van der Waals surface area contributed by atoms with Gasteiger partial charge in [-0.15, -0.1) is 25.3 Å². The molecule has 0 atom stereocenters. The SMILES string of the molecule is CC(C)(O)/C(S)=C(\S)c1cccc(OCc2ccccc2)n1. The van der Waals surface area contributed by atoms with Crippen molar-refractivity contribution in [1.82, 2.24) is 4.98 Å². The fraction of sp³-hybridized carbons (Fsp3) is 0.235. The summed E-state index contributed by atoms with van der Waals surface area (Å²) in [5.74, 6) is 0.504. The lowest BCUT2D eigenvalue weighted by Gasteiger charge is -2.19. The summed E-state index contributed by atoms with van der Waals surface area (Å²) in [6.45, 7) is 3.75. The van der Waals surface area contributed by atoms with Gasteiger partial charge in [-0.25, -0.2) is 4.98 Å². The van der Waals surface area contributed by atoms with Crippen LogP contribution in [0.3, 0.4) is 0 Å². The normalized spacial score (nSPS) is 12.8. The Morgan fingerprint density at radius 1 is 1.09 bits per heavy atom. The third kappa shape index (κ3) is 4.53. The number of pyridine rings is 1. The molecule has 0 amide bonds. The molecule has 1 aromatic carbocycles. The third-order valence-electron chi connectivity index (χ3n) is 3.00. The predicted octanol–water partition coefficient (Wildman–Crippen LogP) is 3.96. The third-order valence-corrected chi connectivity index (χ3v) is 4.40. The smallest absolute Gasteiger partial charge is 0.214 e. The number of hydrogen-bond donors (Lipinski definition) is 3. The van der Waals surface area contributed by atoms with Crippen molar-refractivity contribution < 1.29 is 9.84 Å². The van der Waals surface area contributed by atoms with Gasteiger partial charge in [0, 0.05) is 15.9 Å². The minimum atomic E-state index is -1.07. The van der Waals surface area contributed by atoms with Gasteiger partial charge in [-0.2, -0.15) is 0 Å². The fourth-order valence-electron chi connectivity index (χ4n) is 1.77. The molecule has 0 bridgehead atoms. The van der Waals surface area contributed by atoms with Crippen molar-refractivity contribution >= 4 is 30.2 Å². The molecular weight excluding hydrogens is 314 g/mol. The summed E-state index contributed by atoms with van der Waals surface area (Å²) < 4.78 is 5.69. The molecule has 116 valence electrons. The maximum absolute atomic E-state index is 10.00. The van der Waals surface area contributed by atoms with Gasteiger partial charge in [-0.05, 0) is 25.5 Å². The van der Waals surface area contributed by atoms with E-state index >= 15 is 0 Å². The molecule has 0 aliphatic carbocycles. The molecule has 1 N–H and O–H groups in total. The van der Waals surface area contributed by atoms with Crippen LogP contribution in [0.25, 0.3) is 4.91 Å². The maximum atomic E-state index is 10.00. The second-order valence-corrected chi connectivity index (χ2v) is 6.29. The van der Waals surface area contributed by atoms with Crippen molar-refractivity contribution in [3.05, 3.63) is 64.7 Å². The zero-order valence-corrected chi connectivity index (χ0v) is 14.3. The summed E-state index contributed by atoms with van der Waals surface area (Å²) in [5.41, 5.74) is 0.617. The molecule has 3 nitrogen and oxygen atoms in total. The van der Waals surface area contributed by atoms with Gasteiger partial charge >= 0.3 is 0 Å². The van der Waals surface area contributed by atoms with Gasteiger partial charge < -0.3 is 9.84 Å². The van der Waals surface area contributed by atoms with Crippen LogP contribution in [0.15, 0.2) is 53.4 Å². The van der Waals surface area contributed by atoms with E-state index in [-0.39, 0.29) is 0 Å². The fourth-order valence-corrected chi connectivity index (χ4v) is 2.28. The van der Waals surface area contributed by atoms with Crippen molar-refractivity contribution in [2.75, 3.05) is 0 Å². The van der Waals surface area contributed by atoms with Crippen molar-refractivity contribution in [1.29, 1.82) is 0 Å². The molecule has 0 aliphatic heterocycles. The first-order valence-electron chi connectivity index (χ1n) is 6.87. The molecule has 1 aromatic heterocycles. The first-order chi connectivity index (χ1) is 10.4. The molecule has 0 unspecified atom stereocenters. The average Bonchev–Trinajstić information content (AvgIpc) is 2.52. The number of hydrogen-bond acceptors (Lipinski definition) is 5. The molecule has 0 radical (unpaired) electrons. The summed E-state index contributed by atoms with van der Waals surface area (Å²) in [7, 11) is 0. The minimum Gasteiger partial charge on any atom is -0.473 e. The standard InChI is InChI=1S/C17H19NO2S2/c1-17(2,19)16(22)15(21)13-9-6-10-14(18-13)20-11-12-7-4-3-5-8-12/h3-10,19,21-22H,11H2,1-2H3/b16-15+. The Hall–Kier alpha value is -1.43. The molecule has 2 aromatic rings. The number of rotatable bonds is 5. The quantitative estimate of drug-likeness (QED) is 0.726. The Kier molecular flexibility index (Phi) is 5.56. The second-order valence-electron chi connectivity index (χ2n) is 5.39. The minimum absolute atomic E-state index is 0.447. The van der Waals surface area contributed by atoms with Crippen molar-refractivity contribution in [2.24, 2.45) is 0 Å². The largest absolute Gasteiger partial charge is 0.473 e. The zero-order chi connectivity index (χ0) is 16.2. The molecule has 0 spiro atoms. The van der Waals surface area contributed by atoms with Crippen LogP contribution in [0.2, 0.25) is 0 Å². The number of aliphatic hydroxyl groups is 1. The van der Waals surface area contributed by atoms with E-state index in [1.54, 1.807) is 26.0 Å². The van der Waals surface area contributed by atoms with Crippen molar-refractivity contribution in [3.63, 3.8) is 0 Å². The van der Waals surface area contributed by atoms with Gasteiger partial charge in [0.1, 0.15) is 6.61 Å².